The number of carbonyl (C=O) groups excluding carboxylic acids is 2. The van der Waals surface area contributed by atoms with Crippen LogP contribution in [-0.4, -0.2) is 24.5 Å². The van der Waals surface area contributed by atoms with E-state index in [-0.39, 0.29) is 24.3 Å². The molecular weight excluding hydrogens is 386 g/mol. The van der Waals surface area contributed by atoms with Gasteiger partial charge in [0.15, 0.2) is 6.61 Å². The second-order valence-electron chi connectivity index (χ2n) is 6.71. The van der Waals surface area contributed by atoms with Crippen LogP contribution in [0.5, 0.6) is 0 Å². The highest BCUT2D eigenvalue weighted by atomic mass is 79.9. The Labute approximate surface area is 155 Å². The lowest BCUT2D eigenvalue weighted by Gasteiger charge is -2.29. The number of halogens is 1. The maximum absolute atomic E-state index is 12.3. The molecule has 0 aliphatic heterocycles. The van der Waals surface area contributed by atoms with E-state index >= 15 is 0 Å². The number of ether oxygens (including phenoxy) is 1. The summed E-state index contributed by atoms with van der Waals surface area (Å²) in [7, 11) is 0. The number of hydrogen-bond donors (Lipinski definition) is 1. The summed E-state index contributed by atoms with van der Waals surface area (Å²) in [5.41, 5.74) is 1.33. The highest BCUT2D eigenvalue weighted by Gasteiger charge is 2.24. The first-order valence-electron chi connectivity index (χ1n) is 8.61. The number of esters is 1. The van der Waals surface area contributed by atoms with E-state index in [1.165, 1.54) is 6.42 Å². The smallest absolute Gasteiger partial charge is 0.375 e. The van der Waals surface area contributed by atoms with E-state index in [0.717, 1.165) is 29.1 Å². The number of hydrogen-bond acceptors (Lipinski definition) is 4. The molecule has 5 nitrogen and oxygen atoms in total. The first kappa shape index (κ1) is 18.0. The predicted octanol–water partition coefficient (Wildman–Crippen LogP) is 4.36. The highest BCUT2D eigenvalue weighted by molar-refractivity contribution is 9.10. The molecule has 1 aliphatic carbocycles. The average Bonchev–Trinajstić information content (AvgIpc) is 2.91. The van der Waals surface area contributed by atoms with Gasteiger partial charge in [0.2, 0.25) is 5.76 Å². The van der Waals surface area contributed by atoms with Crippen molar-refractivity contribution in [1.29, 1.82) is 0 Å². The van der Waals surface area contributed by atoms with E-state index in [1.54, 1.807) is 13.0 Å². The Hall–Kier alpha value is -1.82. The predicted molar refractivity (Wildman–Crippen MR) is 98.5 cm³/mol. The van der Waals surface area contributed by atoms with E-state index < -0.39 is 5.97 Å². The minimum Gasteiger partial charge on any atom is -0.450 e. The number of nitrogens with one attached hydrogen (secondary N) is 1. The van der Waals surface area contributed by atoms with Gasteiger partial charge >= 0.3 is 5.97 Å². The van der Waals surface area contributed by atoms with Gasteiger partial charge < -0.3 is 14.5 Å². The Morgan fingerprint density at radius 3 is 2.84 bits per heavy atom. The number of fused-ring (bicyclic) bond motifs is 1. The average molecular weight is 408 g/mol. The van der Waals surface area contributed by atoms with Gasteiger partial charge in [0.25, 0.3) is 5.91 Å². The zero-order chi connectivity index (χ0) is 18.0. The Balaban J connectivity index is 1.61. The minimum absolute atomic E-state index is 0.145. The zero-order valence-electron chi connectivity index (χ0n) is 14.4. The molecule has 1 saturated carbocycles. The summed E-state index contributed by atoms with van der Waals surface area (Å²) in [6.45, 7) is 3.66. The maximum Gasteiger partial charge on any atom is 0.375 e. The molecule has 134 valence electrons. The summed E-state index contributed by atoms with van der Waals surface area (Å²) in [4.78, 5) is 24.3. The van der Waals surface area contributed by atoms with Crippen molar-refractivity contribution in [3.05, 3.63) is 34.0 Å². The Kier molecular flexibility index (Phi) is 5.47. The Bertz CT molecular complexity index is 798. The van der Waals surface area contributed by atoms with Crippen LogP contribution >= 0.6 is 15.9 Å². The van der Waals surface area contributed by atoms with Crippen LogP contribution in [0.3, 0.4) is 0 Å². The van der Waals surface area contributed by atoms with Crippen LogP contribution < -0.4 is 5.32 Å². The fraction of sp³-hybridized carbons (Fsp3) is 0.474. The van der Waals surface area contributed by atoms with Crippen LogP contribution in [-0.2, 0) is 9.53 Å². The number of aryl methyl sites for hydroxylation is 1. The number of benzene rings is 1. The standard InChI is InChI=1S/C19H22BrNO4/c1-11-5-3-4-6-15(11)21-17(22)10-24-19(23)18-12(2)14-9-13(20)7-8-16(14)25-18/h7-9,11,15H,3-6,10H2,1-2H3,(H,21,22)/t11-,15-/m1/s1. The SMILES string of the molecule is Cc1c(C(=O)OCC(=O)N[C@@H]2CCCC[C@H]2C)oc2ccc(Br)cc12. The summed E-state index contributed by atoms with van der Waals surface area (Å²) in [6.07, 6.45) is 4.45. The molecule has 0 unspecified atom stereocenters. The Morgan fingerprint density at radius 2 is 2.08 bits per heavy atom. The van der Waals surface area contributed by atoms with Crippen molar-refractivity contribution in [2.75, 3.05) is 6.61 Å². The van der Waals surface area contributed by atoms with Crippen LogP contribution in [0.15, 0.2) is 27.1 Å². The number of carbonyl (C=O) groups is 2. The number of furan rings is 1. The van der Waals surface area contributed by atoms with Crippen molar-refractivity contribution >= 4 is 38.8 Å². The summed E-state index contributed by atoms with van der Waals surface area (Å²) in [5, 5.41) is 3.82. The molecule has 1 aromatic carbocycles. The van der Waals surface area contributed by atoms with Crippen LogP contribution in [0, 0.1) is 12.8 Å². The normalized spacial score (nSPS) is 20.4. The monoisotopic (exact) mass is 407 g/mol. The van der Waals surface area contributed by atoms with Crippen molar-refractivity contribution in [3.8, 4) is 0 Å². The minimum atomic E-state index is -0.614. The zero-order valence-corrected chi connectivity index (χ0v) is 16.0. The molecule has 1 N–H and O–H groups in total. The maximum atomic E-state index is 12.3. The van der Waals surface area contributed by atoms with Gasteiger partial charge in [0, 0.05) is 21.5 Å². The summed E-state index contributed by atoms with van der Waals surface area (Å²) >= 11 is 3.40. The molecule has 2 atom stereocenters. The molecule has 6 heteroatoms. The van der Waals surface area contributed by atoms with Gasteiger partial charge in [-0.2, -0.15) is 0 Å². The van der Waals surface area contributed by atoms with Crippen LogP contribution in [0.2, 0.25) is 0 Å². The molecule has 2 aromatic rings. The third kappa shape index (κ3) is 4.06. The van der Waals surface area contributed by atoms with Gasteiger partial charge in [-0.1, -0.05) is 35.7 Å². The third-order valence-corrected chi connectivity index (χ3v) is 5.37. The van der Waals surface area contributed by atoms with Gasteiger partial charge in [-0.25, -0.2) is 4.79 Å². The van der Waals surface area contributed by atoms with Crippen LogP contribution in [0.25, 0.3) is 11.0 Å². The first-order valence-corrected chi connectivity index (χ1v) is 9.40. The van der Waals surface area contributed by atoms with Crippen molar-refractivity contribution < 1.29 is 18.7 Å². The fourth-order valence-corrected chi connectivity index (χ4v) is 3.72. The molecule has 0 saturated heterocycles. The van der Waals surface area contributed by atoms with Crippen molar-refractivity contribution in [1.82, 2.24) is 5.32 Å². The van der Waals surface area contributed by atoms with Crippen LogP contribution in [0.4, 0.5) is 0 Å². The van der Waals surface area contributed by atoms with Crippen LogP contribution in [0.1, 0.15) is 48.7 Å². The van der Waals surface area contributed by atoms with Gasteiger partial charge in [-0.05, 0) is 43.9 Å². The lowest BCUT2D eigenvalue weighted by atomic mass is 9.86. The van der Waals surface area contributed by atoms with Gasteiger partial charge in [-0.3, -0.25) is 4.79 Å². The third-order valence-electron chi connectivity index (χ3n) is 4.88. The van der Waals surface area contributed by atoms with Gasteiger partial charge in [-0.15, -0.1) is 0 Å². The van der Waals surface area contributed by atoms with E-state index in [1.807, 2.05) is 12.1 Å². The first-order chi connectivity index (χ1) is 12.0. The topological polar surface area (TPSA) is 68.5 Å². The second-order valence-corrected chi connectivity index (χ2v) is 7.62. The van der Waals surface area contributed by atoms with E-state index in [2.05, 4.69) is 28.2 Å². The van der Waals surface area contributed by atoms with E-state index in [9.17, 15) is 9.59 Å². The van der Waals surface area contributed by atoms with E-state index in [4.69, 9.17) is 9.15 Å². The fourth-order valence-electron chi connectivity index (χ4n) is 3.36. The quantitative estimate of drug-likeness (QED) is 0.764. The summed E-state index contributed by atoms with van der Waals surface area (Å²) in [6, 6.07) is 5.70. The Morgan fingerprint density at radius 1 is 1.32 bits per heavy atom. The lowest BCUT2D eigenvalue weighted by Crippen LogP contribution is -2.42. The molecule has 0 radical (unpaired) electrons. The highest BCUT2D eigenvalue weighted by Crippen LogP contribution is 2.28. The molecule has 1 aliphatic rings. The molecule has 1 amide bonds. The summed E-state index contributed by atoms with van der Waals surface area (Å²) in [5.74, 6) is -0.267. The summed E-state index contributed by atoms with van der Waals surface area (Å²) < 4.78 is 11.6. The molecular formula is C19H22BrNO4. The van der Waals surface area contributed by atoms with Gasteiger partial charge in [0.05, 0.1) is 0 Å². The molecule has 0 bridgehead atoms. The molecule has 0 spiro atoms. The number of amides is 1. The largest absolute Gasteiger partial charge is 0.450 e. The second kappa shape index (κ2) is 7.60. The molecule has 3 rings (SSSR count). The molecule has 25 heavy (non-hydrogen) atoms. The lowest BCUT2D eigenvalue weighted by molar-refractivity contribution is -0.125. The molecule has 1 fully saturated rings. The molecule has 1 aromatic heterocycles. The van der Waals surface area contributed by atoms with Crippen molar-refractivity contribution in [2.45, 2.75) is 45.6 Å². The number of rotatable bonds is 4. The van der Waals surface area contributed by atoms with Crippen molar-refractivity contribution in [2.24, 2.45) is 5.92 Å². The van der Waals surface area contributed by atoms with E-state index in [0.29, 0.717) is 17.1 Å². The van der Waals surface area contributed by atoms with Crippen molar-refractivity contribution in [3.63, 3.8) is 0 Å². The molecule has 1 heterocycles. The van der Waals surface area contributed by atoms with Gasteiger partial charge in [0.1, 0.15) is 5.58 Å².